The van der Waals surface area contributed by atoms with Gasteiger partial charge < -0.3 is 15.5 Å². The number of imidazole rings is 1. The summed E-state index contributed by atoms with van der Waals surface area (Å²) < 4.78 is 5.16. The first-order valence-corrected chi connectivity index (χ1v) is 4.45. The molecular weight excluding hydrogens is 238 g/mol. The summed E-state index contributed by atoms with van der Waals surface area (Å²) in [5.41, 5.74) is 6.33. The second kappa shape index (κ2) is 4.38. The number of nitrogens with zero attached hydrogens (tertiary/aromatic N) is 1. The molecule has 1 rings (SSSR count). The Balaban J connectivity index is 2.59. The van der Waals surface area contributed by atoms with Gasteiger partial charge in [0, 0.05) is 6.42 Å². The molecule has 0 fully saturated rings. The van der Waals surface area contributed by atoms with E-state index in [1.54, 1.807) is 0 Å². The monoisotopic (exact) mass is 247 g/mol. The Morgan fingerprint density at radius 1 is 1.92 bits per heavy atom. The van der Waals surface area contributed by atoms with E-state index in [9.17, 15) is 4.79 Å². The van der Waals surface area contributed by atoms with Crippen molar-refractivity contribution in [3.63, 3.8) is 0 Å². The van der Waals surface area contributed by atoms with Crippen LogP contribution < -0.4 is 5.73 Å². The summed E-state index contributed by atoms with van der Waals surface area (Å²) in [5.74, 6) is -0.429. The van der Waals surface area contributed by atoms with Gasteiger partial charge in [-0.15, -0.1) is 0 Å². The third kappa shape index (κ3) is 2.53. The number of methoxy groups -OCH3 is 1. The Morgan fingerprint density at radius 2 is 2.62 bits per heavy atom. The predicted octanol–water partition coefficient (Wildman–Crippen LogP) is 0.215. The van der Waals surface area contributed by atoms with Crippen LogP contribution in [0.15, 0.2) is 10.9 Å². The molecule has 5 nitrogen and oxygen atoms in total. The van der Waals surface area contributed by atoms with Crippen molar-refractivity contribution >= 4 is 21.9 Å². The maximum atomic E-state index is 11.0. The minimum atomic E-state index is -0.651. The van der Waals surface area contributed by atoms with Gasteiger partial charge in [0.2, 0.25) is 0 Å². The number of esters is 1. The Hall–Kier alpha value is -0.880. The number of halogens is 1. The number of aromatic nitrogens is 2. The van der Waals surface area contributed by atoms with Gasteiger partial charge in [-0.1, -0.05) is 0 Å². The summed E-state index contributed by atoms with van der Waals surface area (Å²) in [6.07, 6.45) is 1.91. The maximum Gasteiger partial charge on any atom is 0.323 e. The van der Waals surface area contributed by atoms with Crippen molar-refractivity contribution in [2.75, 3.05) is 7.11 Å². The van der Waals surface area contributed by atoms with Gasteiger partial charge in [0.05, 0.1) is 19.1 Å². The number of ether oxygens (including phenoxy) is 1. The predicted molar refractivity (Wildman–Crippen MR) is 50.0 cm³/mol. The maximum absolute atomic E-state index is 11.0. The number of hydrogen-bond acceptors (Lipinski definition) is 4. The van der Waals surface area contributed by atoms with Gasteiger partial charge in [-0.25, -0.2) is 4.98 Å². The van der Waals surface area contributed by atoms with Crippen LogP contribution in [0, 0.1) is 0 Å². The number of hydrogen-bond donors (Lipinski definition) is 2. The van der Waals surface area contributed by atoms with Crippen LogP contribution in [0.4, 0.5) is 0 Å². The second-order valence-corrected chi connectivity index (χ2v) is 3.26. The lowest BCUT2D eigenvalue weighted by atomic mass is 10.2. The number of nitrogens with two attached hydrogens (primary N) is 1. The molecule has 6 heteroatoms. The number of nitrogens with one attached hydrogen (secondary N) is 1. The molecule has 0 radical (unpaired) electrons. The van der Waals surface area contributed by atoms with E-state index in [0.717, 1.165) is 5.69 Å². The van der Waals surface area contributed by atoms with Gasteiger partial charge in [-0.05, 0) is 15.9 Å². The summed E-state index contributed by atoms with van der Waals surface area (Å²) in [4.78, 5) is 17.7. The van der Waals surface area contributed by atoms with E-state index in [-0.39, 0.29) is 0 Å². The van der Waals surface area contributed by atoms with E-state index in [1.807, 2.05) is 0 Å². The summed E-state index contributed by atoms with van der Waals surface area (Å²) in [7, 11) is 1.31. The van der Waals surface area contributed by atoms with Crippen LogP contribution in [-0.2, 0) is 16.0 Å². The average Bonchev–Trinajstić information content (AvgIpc) is 2.50. The minimum absolute atomic E-state index is 0.382. The number of carbonyl (C=O) groups excluding carboxylic acids is 1. The average molecular weight is 248 g/mol. The Morgan fingerprint density at radius 3 is 3.08 bits per heavy atom. The van der Waals surface area contributed by atoms with Gasteiger partial charge in [0.1, 0.15) is 10.6 Å². The zero-order valence-corrected chi connectivity index (χ0v) is 8.67. The van der Waals surface area contributed by atoms with Crippen molar-refractivity contribution in [2.45, 2.75) is 12.5 Å². The van der Waals surface area contributed by atoms with E-state index < -0.39 is 12.0 Å². The standard InChI is InChI=1S/C7H10BrN3O2/c1-13-7(12)4(9)2-5-6(8)11-3-10-5/h3-4H,2,9H2,1H3,(H,10,11). The summed E-state index contributed by atoms with van der Waals surface area (Å²) >= 11 is 3.22. The Kier molecular flexibility index (Phi) is 3.44. The molecule has 0 aromatic carbocycles. The van der Waals surface area contributed by atoms with Crippen molar-refractivity contribution in [3.8, 4) is 0 Å². The Bertz CT molecular complexity index is 300. The quantitative estimate of drug-likeness (QED) is 0.749. The van der Waals surface area contributed by atoms with E-state index >= 15 is 0 Å². The van der Waals surface area contributed by atoms with Crippen LogP contribution in [-0.4, -0.2) is 29.1 Å². The van der Waals surface area contributed by atoms with Crippen LogP contribution in [0.1, 0.15) is 5.69 Å². The van der Waals surface area contributed by atoms with Crippen LogP contribution >= 0.6 is 15.9 Å². The normalized spacial score (nSPS) is 12.5. The zero-order chi connectivity index (χ0) is 9.84. The lowest BCUT2D eigenvalue weighted by Crippen LogP contribution is -2.33. The molecule has 0 aliphatic rings. The molecule has 1 heterocycles. The molecule has 0 aliphatic heterocycles. The fourth-order valence-electron chi connectivity index (χ4n) is 0.902. The highest BCUT2D eigenvalue weighted by Gasteiger charge is 2.16. The van der Waals surface area contributed by atoms with Gasteiger partial charge >= 0.3 is 5.97 Å². The van der Waals surface area contributed by atoms with E-state index in [4.69, 9.17) is 5.73 Å². The fourth-order valence-corrected chi connectivity index (χ4v) is 1.28. The molecule has 3 N–H and O–H groups in total. The molecule has 0 saturated carbocycles. The van der Waals surface area contributed by atoms with Gasteiger partial charge in [-0.2, -0.15) is 0 Å². The number of aromatic amines is 1. The highest BCUT2D eigenvalue weighted by Crippen LogP contribution is 2.12. The summed E-state index contributed by atoms with van der Waals surface area (Å²) in [6.45, 7) is 0. The largest absolute Gasteiger partial charge is 0.468 e. The molecule has 0 saturated heterocycles. The van der Waals surface area contributed by atoms with Crippen molar-refractivity contribution in [3.05, 3.63) is 16.6 Å². The smallest absolute Gasteiger partial charge is 0.323 e. The van der Waals surface area contributed by atoms with Crippen molar-refractivity contribution in [1.82, 2.24) is 9.97 Å². The number of H-pyrrole nitrogens is 1. The molecule has 1 aromatic rings. The third-order valence-corrected chi connectivity index (χ3v) is 2.28. The zero-order valence-electron chi connectivity index (χ0n) is 7.08. The highest BCUT2D eigenvalue weighted by atomic mass is 79.9. The molecule has 0 aliphatic carbocycles. The summed E-state index contributed by atoms with van der Waals surface area (Å²) in [5, 5.41) is 0. The first kappa shape index (κ1) is 10.2. The van der Waals surface area contributed by atoms with E-state index in [2.05, 4.69) is 30.6 Å². The molecule has 0 amide bonds. The minimum Gasteiger partial charge on any atom is -0.468 e. The molecule has 1 atom stereocenters. The van der Waals surface area contributed by atoms with Gasteiger partial charge in [0.15, 0.2) is 0 Å². The molecule has 13 heavy (non-hydrogen) atoms. The number of carbonyl (C=O) groups is 1. The SMILES string of the molecule is COC(=O)C(N)Cc1[nH]cnc1Br. The van der Waals surface area contributed by atoms with E-state index in [1.165, 1.54) is 13.4 Å². The van der Waals surface area contributed by atoms with Crippen LogP contribution in [0.2, 0.25) is 0 Å². The van der Waals surface area contributed by atoms with E-state index in [0.29, 0.717) is 11.0 Å². The molecule has 0 bridgehead atoms. The van der Waals surface area contributed by atoms with Crippen molar-refractivity contribution in [1.29, 1.82) is 0 Å². The van der Waals surface area contributed by atoms with Gasteiger partial charge in [-0.3, -0.25) is 4.79 Å². The fraction of sp³-hybridized carbons (Fsp3) is 0.429. The molecule has 1 unspecified atom stereocenters. The lowest BCUT2D eigenvalue weighted by Gasteiger charge is -2.07. The first-order valence-electron chi connectivity index (χ1n) is 3.66. The third-order valence-electron chi connectivity index (χ3n) is 1.59. The van der Waals surface area contributed by atoms with Crippen LogP contribution in [0.3, 0.4) is 0 Å². The summed E-state index contributed by atoms with van der Waals surface area (Å²) in [6, 6.07) is -0.651. The molecule has 0 spiro atoms. The van der Waals surface area contributed by atoms with Gasteiger partial charge in [0.25, 0.3) is 0 Å². The molecule has 1 aromatic heterocycles. The van der Waals surface area contributed by atoms with Crippen LogP contribution in [0.5, 0.6) is 0 Å². The lowest BCUT2D eigenvalue weighted by molar-refractivity contribution is -0.142. The molecule has 72 valence electrons. The topological polar surface area (TPSA) is 81.0 Å². The number of rotatable bonds is 3. The van der Waals surface area contributed by atoms with Crippen LogP contribution in [0.25, 0.3) is 0 Å². The second-order valence-electron chi connectivity index (χ2n) is 2.51. The highest BCUT2D eigenvalue weighted by molar-refractivity contribution is 9.10. The Labute approximate surface area is 83.8 Å². The van der Waals surface area contributed by atoms with Crippen molar-refractivity contribution < 1.29 is 9.53 Å². The molecular formula is C7H10BrN3O2. The first-order chi connectivity index (χ1) is 6.15. The van der Waals surface area contributed by atoms with Crippen molar-refractivity contribution in [2.24, 2.45) is 5.73 Å².